The van der Waals surface area contributed by atoms with Gasteiger partial charge in [-0.2, -0.15) is 0 Å². The Bertz CT molecular complexity index is 1190. The summed E-state index contributed by atoms with van der Waals surface area (Å²) in [6, 6.07) is 11.0. The number of fused-ring (bicyclic) bond motifs is 1. The molecule has 0 bridgehead atoms. The largest absolute Gasteiger partial charge is 0.461 e. The van der Waals surface area contributed by atoms with Gasteiger partial charge in [0.1, 0.15) is 11.3 Å². The fourth-order valence-corrected chi connectivity index (χ4v) is 4.76. The highest BCUT2D eigenvalue weighted by molar-refractivity contribution is 7.93. The number of amides is 1. The molecule has 6 nitrogen and oxygen atoms in total. The molecule has 1 heterocycles. The first kappa shape index (κ1) is 20.8. The second-order valence-electron chi connectivity index (χ2n) is 7.00. The number of Topliss-reactive ketones (excluding diaryl/α,β-unsaturated/α-hetero) is 1. The molecule has 0 aliphatic rings. The predicted octanol–water partition coefficient (Wildman–Crippen LogP) is 4.77. The molecule has 0 unspecified atom stereocenters. The number of hydrogen-bond donors (Lipinski definition) is 0. The van der Waals surface area contributed by atoms with E-state index in [4.69, 9.17) is 4.42 Å². The predicted molar refractivity (Wildman–Crippen MR) is 112 cm³/mol. The Morgan fingerprint density at radius 2 is 1.69 bits per heavy atom. The molecule has 29 heavy (non-hydrogen) atoms. The van der Waals surface area contributed by atoms with Gasteiger partial charge in [-0.05, 0) is 57.5 Å². The summed E-state index contributed by atoms with van der Waals surface area (Å²) in [6.07, 6.45) is 0.581. The van der Waals surface area contributed by atoms with Gasteiger partial charge in [-0.3, -0.25) is 9.59 Å². The number of rotatable bonds is 6. The van der Waals surface area contributed by atoms with Crippen molar-refractivity contribution in [3.05, 3.63) is 59.4 Å². The van der Waals surface area contributed by atoms with E-state index < -0.39 is 15.9 Å². The zero-order valence-corrected chi connectivity index (χ0v) is 17.7. The molecule has 0 N–H and O–H groups in total. The van der Waals surface area contributed by atoms with E-state index in [1.165, 1.54) is 31.2 Å². The third-order valence-electron chi connectivity index (χ3n) is 4.68. The van der Waals surface area contributed by atoms with Crippen molar-refractivity contribution in [2.45, 2.75) is 45.4 Å². The van der Waals surface area contributed by atoms with Gasteiger partial charge in [0.2, 0.25) is 5.91 Å². The topological polar surface area (TPSA) is 84.7 Å². The van der Waals surface area contributed by atoms with Crippen molar-refractivity contribution < 1.29 is 22.4 Å². The van der Waals surface area contributed by atoms with Gasteiger partial charge < -0.3 is 4.42 Å². The van der Waals surface area contributed by atoms with Crippen LogP contribution in [0.25, 0.3) is 11.0 Å². The molecule has 1 amide bonds. The maximum absolute atomic E-state index is 13.3. The molecule has 0 fully saturated rings. The zero-order chi connectivity index (χ0) is 21.3. The first-order valence-electron chi connectivity index (χ1n) is 9.35. The number of benzene rings is 2. The minimum absolute atomic E-state index is 0.0304. The van der Waals surface area contributed by atoms with Gasteiger partial charge in [0.15, 0.2) is 5.78 Å². The third kappa shape index (κ3) is 3.82. The summed E-state index contributed by atoms with van der Waals surface area (Å²) >= 11 is 0. The standard InChI is InChI=1S/C22H23NO5S/c1-5-6-21(25)23(29(26,27)18-10-7-14(2)8-11-18)17-9-12-20-19(13-17)22(15(3)24)16(4)28-20/h7-13H,5-6H2,1-4H3. The number of nitrogens with zero attached hydrogens (tertiary/aromatic N) is 1. The Kier molecular flexibility index (Phi) is 5.61. The highest BCUT2D eigenvalue weighted by atomic mass is 32.2. The van der Waals surface area contributed by atoms with Crippen LogP contribution in [0.1, 0.15) is 48.4 Å². The SMILES string of the molecule is CCCC(=O)N(c1ccc2oc(C)c(C(C)=O)c2c1)S(=O)(=O)c1ccc(C)cc1. The van der Waals surface area contributed by atoms with Crippen molar-refractivity contribution in [3.8, 4) is 0 Å². The summed E-state index contributed by atoms with van der Waals surface area (Å²) < 4.78 is 33.1. The van der Waals surface area contributed by atoms with E-state index in [0.29, 0.717) is 28.7 Å². The van der Waals surface area contributed by atoms with Gasteiger partial charge in [-0.1, -0.05) is 24.6 Å². The van der Waals surface area contributed by atoms with Crippen molar-refractivity contribution in [1.29, 1.82) is 0 Å². The first-order chi connectivity index (χ1) is 13.7. The van der Waals surface area contributed by atoms with Crippen LogP contribution in [0, 0.1) is 13.8 Å². The molecule has 0 spiro atoms. The van der Waals surface area contributed by atoms with Gasteiger partial charge in [-0.25, -0.2) is 12.7 Å². The summed E-state index contributed by atoms with van der Waals surface area (Å²) in [5, 5.41) is 0.487. The van der Waals surface area contributed by atoms with Crippen LogP contribution < -0.4 is 4.31 Å². The minimum Gasteiger partial charge on any atom is -0.461 e. The molecule has 0 saturated heterocycles. The number of furan rings is 1. The quantitative estimate of drug-likeness (QED) is 0.543. The first-order valence-corrected chi connectivity index (χ1v) is 10.8. The number of aryl methyl sites for hydroxylation is 2. The van der Waals surface area contributed by atoms with Gasteiger partial charge in [0.25, 0.3) is 10.0 Å². The van der Waals surface area contributed by atoms with Gasteiger partial charge in [0, 0.05) is 11.8 Å². The highest BCUT2D eigenvalue weighted by Crippen LogP contribution is 2.32. The molecule has 152 valence electrons. The average Bonchev–Trinajstić information content (AvgIpc) is 2.97. The van der Waals surface area contributed by atoms with Crippen molar-refractivity contribution in [1.82, 2.24) is 0 Å². The smallest absolute Gasteiger partial charge is 0.270 e. The molecule has 0 atom stereocenters. The van der Waals surface area contributed by atoms with E-state index in [9.17, 15) is 18.0 Å². The van der Waals surface area contributed by atoms with Crippen LogP contribution in [-0.4, -0.2) is 20.1 Å². The molecule has 3 aromatic rings. The lowest BCUT2D eigenvalue weighted by molar-refractivity contribution is -0.117. The Labute approximate surface area is 170 Å². The van der Waals surface area contributed by atoms with Gasteiger partial charge in [-0.15, -0.1) is 0 Å². The normalized spacial score (nSPS) is 11.6. The number of carbonyl (C=O) groups is 2. The molecular weight excluding hydrogens is 390 g/mol. The molecule has 2 aromatic carbocycles. The van der Waals surface area contributed by atoms with Crippen molar-refractivity contribution in [2.75, 3.05) is 4.31 Å². The number of anilines is 1. The van der Waals surface area contributed by atoms with E-state index in [2.05, 4.69) is 0 Å². The number of hydrogen-bond acceptors (Lipinski definition) is 5. The molecule has 0 radical (unpaired) electrons. The monoisotopic (exact) mass is 413 g/mol. The van der Waals surface area contributed by atoms with Crippen LogP contribution in [-0.2, 0) is 14.8 Å². The van der Waals surface area contributed by atoms with E-state index >= 15 is 0 Å². The average molecular weight is 413 g/mol. The Hall–Kier alpha value is -2.93. The van der Waals surface area contributed by atoms with Gasteiger partial charge >= 0.3 is 0 Å². The van der Waals surface area contributed by atoms with Crippen LogP contribution in [0.5, 0.6) is 0 Å². The van der Waals surface area contributed by atoms with E-state index in [1.807, 2.05) is 13.8 Å². The molecule has 3 rings (SSSR count). The second-order valence-corrected chi connectivity index (χ2v) is 8.78. The van der Waals surface area contributed by atoms with E-state index in [1.54, 1.807) is 25.1 Å². The third-order valence-corrected chi connectivity index (χ3v) is 6.45. The fourth-order valence-electron chi connectivity index (χ4n) is 3.32. The lowest BCUT2D eigenvalue weighted by Crippen LogP contribution is -2.36. The molecule has 0 saturated carbocycles. The Balaban J connectivity index is 2.22. The van der Waals surface area contributed by atoms with Crippen molar-refractivity contribution in [3.63, 3.8) is 0 Å². The zero-order valence-electron chi connectivity index (χ0n) is 16.9. The summed E-state index contributed by atoms with van der Waals surface area (Å²) in [5.41, 5.74) is 1.95. The van der Waals surface area contributed by atoms with Crippen molar-refractivity contribution in [2.24, 2.45) is 0 Å². The van der Waals surface area contributed by atoms with Crippen LogP contribution >= 0.6 is 0 Å². The van der Waals surface area contributed by atoms with Crippen LogP contribution in [0.4, 0.5) is 5.69 Å². The maximum Gasteiger partial charge on any atom is 0.270 e. The van der Waals surface area contributed by atoms with Crippen LogP contribution in [0.2, 0.25) is 0 Å². The maximum atomic E-state index is 13.3. The lowest BCUT2D eigenvalue weighted by Gasteiger charge is -2.23. The fraction of sp³-hybridized carbons (Fsp3) is 0.273. The van der Waals surface area contributed by atoms with Gasteiger partial charge in [0.05, 0.1) is 16.1 Å². The number of carbonyl (C=O) groups excluding carboxylic acids is 2. The molecule has 7 heteroatoms. The second kappa shape index (κ2) is 7.83. The summed E-state index contributed by atoms with van der Waals surface area (Å²) in [4.78, 5) is 24.9. The molecular formula is C22H23NO5S. The minimum atomic E-state index is -4.12. The summed E-state index contributed by atoms with van der Waals surface area (Å²) in [7, 11) is -4.12. The lowest BCUT2D eigenvalue weighted by atomic mass is 10.1. The van der Waals surface area contributed by atoms with Crippen LogP contribution in [0.3, 0.4) is 0 Å². The Morgan fingerprint density at radius 1 is 1.03 bits per heavy atom. The van der Waals surface area contributed by atoms with Crippen LogP contribution in [0.15, 0.2) is 51.8 Å². The number of ketones is 1. The van der Waals surface area contributed by atoms with E-state index in [0.717, 1.165) is 9.87 Å². The molecule has 0 aliphatic carbocycles. The molecule has 1 aromatic heterocycles. The van der Waals surface area contributed by atoms with Crippen molar-refractivity contribution >= 4 is 38.4 Å². The summed E-state index contributed by atoms with van der Waals surface area (Å²) in [6.45, 7) is 6.77. The Morgan fingerprint density at radius 3 is 2.28 bits per heavy atom. The summed E-state index contributed by atoms with van der Waals surface area (Å²) in [5.74, 6) is -0.263. The van der Waals surface area contributed by atoms with E-state index in [-0.39, 0.29) is 22.8 Å². The highest BCUT2D eigenvalue weighted by Gasteiger charge is 2.31. The molecule has 0 aliphatic heterocycles. The number of sulfonamides is 1.